The fraction of sp³-hybridized carbons (Fsp3) is 0.741. The van der Waals surface area contributed by atoms with Crippen LogP contribution in [0.3, 0.4) is 0 Å². The molecule has 0 unspecified atom stereocenters. The van der Waals surface area contributed by atoms with Crippen molar-refractivity contribution >= 4 is 55.5 Å². The van der Waals surface area contributed by atoms with Crippen LogP contribution in [0, 0.1) is 13.6 Å². The third-order valence-electron chi connectivity index (χ3n) is 6.80. The van der Waals surface area contributed by atoms with Gasteiger partial charge < -0.3 is 9.80 Å². The van der Waals surface area contributed by atoms with E-state index < -0.39 is 41.8 Å². The van der Waals surface area contributed by atoms with Crippen LogP contribution >= 0.6 is 44.1 Å². The quantitative estimate of drug-likeness (QED) is 0.174. The van der Waals surface area contributed by atoms with E-state index in [1.807, 2.05) is 0 Å². The summed E-state index contributed by atoms with van der Waals surface area (Å²) in [4.78, 5) is 4.40. The van der Waals surface area contributed by atoms with Crippen molar-refractivity contribution in [1.82, 2.24) is 0 Å². The number of rotatable bonds is 4. The molecule has 1 aliphatic rings. The molecule has 1 aromatic carbocycles. The summed E-state index contributed by atoms with van der Waals surface area (Å²) in [6, 6.07) is 3.16. The van der Waals surface area contributed by atoms with E-state index >= 15 is 0 Å². The molecule has 38 heavy (non-hydrogen) atoms. The second-order valence-electron chi connectivity index (χ2n) is 14.2. The van der Waals surface area contributed by atoms with Crippen molar-refractivity contribution < 1.29 is 27.4 Å². The topological polar surface area (TPSA) is 6.48 Å². The van der Waals surface area contributed by atoms with Gasteiger partial charge in [0.1, 0.15) is 12.6 Å². The summed E-state index contributed by atoms with van der Waals surface area (Å²) in [5, 5.41) is 0.565. The summed E-state index contributed by atoms with van der Waals surface area (Å²) in [6.45, 7) is 31.2. The van der Waals surface area contributed by atoms with E-state index in [4.69, 9.17) is 28.3 Å². The van der Waals surface area contributed by atoms with Crippen molar-refractivity contribution in [3.05, 3.63) is 29.9 Å². The summed E-state index contributed by atoms with van der Waals surface area (Å²) in [5.74, 6) is 0. The third kappa shape index (κ3) is 10.7. The minimum atomic E-state index is -4.36. The van der Waals surface area contributed by atoms with E-state index in [1.54, 1.807) is 13.0 Å². The molecular weight excluding hydrogens is 674 g/mol. The second kappa shape index (κ2) is 13.1. The molecule has 223 valence electrons. The van der Waals surface area contributed by atoms with Gasteiger partial charge in [-0.2, -0.15) is 13.2 Å². The number of anilines is 2. The predicted molar refractivity (Wildman–Crippen MR) is 168 cm³/mol. The molecule has 1 heterocycles. The molecule has 2 nitrogen and oxygen atoms in total. The van der Waals surface area contributed by atoms with Crippen LogP contribution in [0.25, 0.3) is 0 Å². The maximum atomic E-state index is 13.9. The van der Waals surface area contributed by atoms with Crippen LogP contribution in [0.2, 0.25) is 0 Å². The van der Waals surface area contributed by atoms with Crippen LogP contribution < -0.4 is 9.80 Å². The van der Waals surface area contributed by atoms with Crippen molar-refractivity contribution in [2.75, 3.05) is 22.4 Å². The van der Waals surface area contributed by atoms with Crippen LogP contribution in [-0.4, -0.2) is 33.2 Å². The van der Waals surface area contributed by atoms with Gasteiger partial charge in [0.2, 0.25) is 0 Å². The number of hydrogen-bond donors (Lipinski definition) is 0. The maximum absolute atomic E-state index is 13.9. The number of nitrogens with zero attached hydrogens (tertiary/aromatic N) is 2. The molecule has 0 atom stereocenters. The molecule has 0 saturated carbocycles. The second-order valence-corrected chi connectivity index (χ2v) is 31.8. The molecule has 11 heteroatoms. The Kier molecular flexibility index (Phi) is 12.8. The predicted octanol–water partition coefficient (Wildman–Crippen LogP) is 11.4. The average molecular weight is 722 g/mol. The number of benzene rings is 1. The molecule has 2 rings (SSSR count). The first-order chi connectivity index (χ1) is 16.7. The summed E-state index contributed by atoms with van der Waals surface area (Å²) in [5.41, 5.74) is 1.40. The molecule has 1 aromatic rings. The SMILES string of the molecule is Cc1cc2c(cc1C(F)(F)F)N(C[PH+](C(C)(C)C)C(C)(C)C)[CH-]N2C[PH+](C(C)(C)C)C(C)(C)C.[Cl][Mo]([Cl])[Cl]. The Morgan fingerprint density at radius 3 is 1.24 bits per heavy atom. The van der Waals surface area contributed by atoms with Crippen molar-refractivity contribution in [2.45, 2.75) is 117 Å². The first-order valence-corrected chi connectivity index (χ1v) is 23.9. The van der Waals surface area contributed by atoms with Crippen molar-refractivity contribution in [3.63, 3.8) is 0 Å². The normalized spacial score (nSPS) is 15.4. The van der Waals surface area contributed by atoms with Crippen molar-refractivity contribution in [3.8, 4) is 0 Å². The van der Waals surface area contributed by atoms with Gasteiger partial charge in [0, 0.05) is 27.2 Å². The van der Waals surface area contributed by atoms with Gasteiger partial charge in [0.15, 0.2) is 0 Å². The van der Waals surface area contributed by atoms with Gasteiger partial charge in [-0.1, -0.05) is 0 Å². The summed E-state index contributed by atoms with van der Waals surface area (Å²) >= 11 is -1.94. The number of alkyl halides is 3. The number of halogens is 6. The average Bonchev–Trinajstić information content (AvgIpc) is 2.95. The van der Waals surface area contributed by atoms with Gasteiger partial charge in [0.25, 0.3) is 0 Å². The van der Waals surface area contributed by atoms with Gasteiger partial charge in [-0.15, -0.1) is 6.67 Å². The van der Waals surface area contributed by atoms with Crippen LogP contribution in [0.4, 0.5) is 24.5 Å². The first-order valence-electron chi connectivity index (χ1n) is 12.7. The van der Waals surface area contributed by atoms with Crippen LogP contribution in [0.5, 0.6) is 0 Å². The Bertz CT molecular complexity index is 903. The van der Waals surface area contributed by atoms with Gasteiger partial charge >= 0.3 is 48.6 Å². The van der Waals surface area contributed by atoms with Gasteiger partial charge in [-0.05, 0) is 108 Å². The molecule has 0 radical (unpaired) electrons. The number of aryl methyl sites for hydroxylation is 1. The molecule has 0 aromatic heterocycles. The third-order valence-corrected chi connectivity index (χ3v) is 15.4. The zero-order chi connectivity index (χ0) is 30.2. The molecule has 0 spiro atoms. The van der Waals surface area contributed by atoms with E-state index in [0.29, 0.717) is 11.3 Å². The van der Waals surface area contributed by atoms with E-state index in [0.717, 1.165) is 18.3 Å². The molecule has 0 aliphatic carbocycles. The Hall–Kier alpha value is 1.03. The van der Waals surface area contributed by atoms with Crippen molar-refractivity contribution in [2.24, 2.45) is 0 Å². The van der Waals surface area contributed by atoms with Gasteiger partial charge in [0.05, 0.1) is 26.2 Å². The molecule has 0 bridgehead atoms. The Morgan fingerprint density at radius 2 is 0.974 bits per heavy atom. The van der Waals surface area contributed by atoms with Crippen molar-refractivity contribution in [1.29, 1.82) is 0 Å². The van der Waals surface area contributed by atoms with E-state index in [2.05, 4.69) is 99.6 Å². The van der Waals surface area contributed by atoms with Gasteiger partial charge in [-0.25, -0.2) is 0 Å². The Balaban J connectivity index is 0.00000168. The van der Waals surface area contributed by atoms with Crippen LogP contribution in [-0.2, 0) is 20.4 Å². The summed E-state index contributed by atoms with van der Waals surface area (Å²) in [7, 11) is 13.1. The minimum absolute atomic E-state index is 0.119. The Labute approximate surface area is 250 Å². The number of hydrogen-bond acceptors (Lipinski definition) is 2. The van der Waals surface area contributed by atoms with Gasteiger partial charge in [-0.3, -0.25) is 0 Å². The monoisotopic (exact) mass is 722 g/mol. The fourth-order valence-corrected chi connectivity index (χ4v) is 13.1. The standard InChI is InChI=1S/C27H46F3N2P2.3ClH.Mo/c1-19-14-21-22(15-20(19)27(28,29)30)32(18-34(25(8,9)10)26(11,12)13)16-31(21)17-33(23(2,3)4)24(5,6)7;;;;/h14-16H,17-18H2,1-13H3;3*1H;/q-1;;;;+3/p-1. The number of fused-ring (bicyclic) bond motifs is 1. The fourth-order valence-electron chi connectivity index (χ4n) is 5.53. The summed E-state index contributed by atoms with van der Waals surface area (Å²) in [6.07, 6.45) is -2.69. The van der Waals surface area contributed by atoms with Crippen LogP contribution in [0.1, 0.15) is 94.2 Å². The molecule has 0 saturated heterocycles. The molecule has 0 amide bonds. The molecule has 0 N–H and O–H groups in total. The van der Waals surface area contributed by atoms with E-state index in [9.17, 15) is 13.2 Å². The summed E-state index contributed by atoms with van der Waals surface area (Å²) < 4.78 is 41.6. The van der Waals surface area contributed by atoms with E-state index in [-0.39, 0.29) is 20.6 Å². The zero-order valence-corrected chi connectivity index (χ0v) is 31.5. The molecular formula is C27H48Cl3F3MoN2P2+. The molecule has 0 fully saturated rings. The zero-order valence-electron chi connectivity index (χ0n) is 25.2. The Morgan fingerprint density at radius 1 is 0.684 bits per heavy atom. The van der Waals surface area contributed by atoms with E-state index in [1.165, 1.54) is 6.07 Å². The van der Waals surface area contributed by atoms with Crippen LogP contribution in [0.15, 0.2) is 12.1 Å². The first kappa shape index (κ1) is 37.1. The molecule has 1 aliphatic heterocycles.